The maximum atomic E-state index is 13.3. The summed E-state index contributed by atoms with van der Waals surface area (Å²) in [5.74, 6) is -1.21. The molecule has 1 aromatic heterocycles. The number of fused-ring (bicyclic) bond motifs is 1. The molecule has 33 heavy (non-hydrogen) atoms. The maximum Gasteiger partial charge on any atom is 0.433 e. The molecule has 0 radical (unpaired) electrons. The van der Waals surface area contributed by atoms with E-state index in [1.54, 1.807) is 12.1 Å². The van der Waals surface area contributed by atoms with Gasteiger partial charge in [0.1, 0.15) is 5.54 Å². The summed E-state index contributed by atoms with van der Waals surface area (Å²) in [5.41, 5.74) is -3.04. The third-order valence-electron chi connectivity index (χ3n) is 5.25. The van der Waals surface area contributed by atoms with Crippen LogP contribution in [0.25, 0.3) is 0 Å². The summed E-state index contributed by atoms with van der Waals surface area (Å²) in [6.45, 7) is 0. The smallest absolute Gasteiger partial charge is 0.294 e. The predicted octanol–water partition coefficient (Wildman–Crippen LogP) is 6.01. The number of benzene rings is 2. The van der Waals surface area contributed by atoms with Gasteiger partial charge in [0.25, 0.3) is 11.5 Å². The molecule has 0 unspecified atom stereocenters. The first-order valence-electron chi connectivity index (χ1n) is 9.32. The number of aromatic nitrogens is 2. The Balaban J connectivity index is 1.91. The van der Waals surface area contributed by atoms with Crippen LogP contribution < -0.4 is 10.9 Å². The second-order valence-corrected chi connectivity index (χ2v) is 9.10. The fourth-order valence-corrected chi connectivity index (χ4v) is 4.44. The number of nitrogens with zero attached hydrogens (tertiary/aromatic N) is 2. The molecule has 12 heteroatoms. The molecule has 0 bridgehead atoms. The Morgan fingerprint density at radius 1 is 0.848 bits per heavy atom. The number of nitrogens with one attached hydrogen (secondary N) is 1. The Labute approximate surface area is 205 Å². The van der Waals surface area contributed by atoms with Gasteiger partial charge in [0, 0.05) is 18.9 Å². The van der Waals surface area contributed by atoms with Crippen LogP contribution in [0.15, 0.2) is 47.3 Å². The number of carbonyl (C=O) groups is 1. The highest BCUT2D eigenvalue weighted by atomic mass is 35.5. The molecule has 0 atom stereocenters. The number of hydrogen-bond acceptors (Lipinski definition) is 3. The minimum Gasteiger partial charge on any atom is -0.294 e. The highest BCUT2D eigenvalue weighted by Crippen LogP contribution is 2.38. The summed E-state index contributed by atoms with van der Waals surface area (Å²) in [4.78, 5) is 29.7. The van der Waals surface area contributed by atoms with Crippen LogP contribution in [0.1, 0.15) is 16.8 Å². The standard InChI is InChI=1S/C21H12Cl4F3N3O2/c22-12-3-1-10(5-14(12)24)8-20(9-11-2-4-13(23)15(25)6-11)18(33)30-19-29-16(21(26,27)28)7-17(32)31(19)20/h1-7H,8-9H2,(H,29,30,33). The van der Waals surface area contributed by atoms with Crippen molar-refractivity contribution in [3.05, 3.63) is 89.7 Å². The molecule has 0 saturated heterocycles. The summed E-state index contributed by atoms with van der Waals surface area (Å²) in [6, 6.07) is 9.67. The Morgan fingerprint density at radius 3 is 1.82 bits per heavy atom. The molecular formula is C21H12Cl4F3N3O2. The lowest BCUT2D eigenvalue weighted by Gasteiger charge is -2.29. The van der Waals surface area contributed by atoms with Crippen LogP contribution in [0.2, 0.25) is 20.1 Å². The van der Waals surface area contributed by atoms with Crippen molar-refractivity contribution in [3.8, 4) is 0 Å². The van der Waals surface area contributed by atoms with Crippen molar-refractivity contribution in [2.45, 2.75) is 24.6 Å². The van der Waals surface area contributed by atoms with Crippen molar-refractivity contribution in [1.82, 2.24) is 9.55 Å². The molecule has 0 saturated carbocycles. The molecule has 0 fully saturated rings. The monoisotopic (exact) mass is 535 g/mol. The van der Waals surface area contributed by atoms with Gasteiger partial charge in [-0.1, -0.05) is 58.5 Å². The van der Waals surface area contributed by atoms with Gasteiger partial charge >= 0.3 is 6.18 Å². The Kier molecular flexibility index (Phi) is 6.16. The lowest BCUT2D eigenvalue weighted by Crippen LogP contribution is -2.47. The summed E-state index contributed by atoms with van der Waals surface area (Å²) in [7, 11) is 0. The van der Waals surface area contributed by atoms with E-state index >= 15 is 0 Å². The number of rotatable bonds is 4. The first-order valence-corrected chi connectivity index (χ1v) is 10.8. The van der Waals surface area contributed by atoms with Crippen molar-refractivity contribution in [1.29, 1.82) is 0 Å². The lowest BCUT2D eigenvalue weighted by molar-refractivity contribution is -0.141. The second-order valence-electron chi connectivity index (χ2n) is 7.47. The van der Waals surface area contributed by atoms with Crippen LogP contribution >= 0.6 is 46.4 Å². The lowest BCUT2D eigenvalue weighted by atomic mass is 9.84. The van der Waals surface area contributed by atoms with Gasteiger partial charge in [0.2, 0.25) is 5.95 Å². The van der Waals surface area contributed by atoms with E-state index in [1.807, 2.05) is 0 Å². The van der Waals surface area contributed by atoms with Crippen LogP contribution in [0.4, 0.5) is 19.1 Å². The minimum atomic E-state index is -4.86. The minimum absolute atomic E-state index is 0.0874. The number of carbonyl (C=O) groups excluding carboxylic acids is 1. The molecule has 1 aliphatic rings. The fourth-order valence-electron chi connectivity index (χ4n) is 3.80. The van der Waals surface area contributed by atoms with E-state index < -0.39 is 34.8 Å². The van der Waals surface area contributed by atoms with Crippen molar-refractivity contribution >= 4 is 58.3 Å². The Morgan fingerprint density at radius 2 is 1.36 bits per heavy atom. The topological polar surface area (TPSA) is 64.0 Å². The van der Waals surface area contributed by atoms with E-state index in [9.17, 15) is 22.8 Å². The van der Waals surface area contributed by atoms with Gasteiger partial charge in [-0.25, -0.2) is 4.98 Å². The van der Waals surface area contributed by atoms with E-state index in [-0.39, 0.29) is 32.9 Å². The molecule has 4 rings (SSSR count). The fraction of sp³-hybridized carbons (Fsp3) is 0.190. The van der Waals surface area contributed by atoms with Crippen molar-refractivity contribution < 1.29 is 18.0 Å². The first-order chi connectivity index (χ1) is 15.4. The number of anilines is 1. The Hall–Kier alpha value is -2.26. The third kappa shape index (κ3) is 4.45. The first kappa shape index (κ1) is 23.9. The molecule has 1 N–H and O–H groups in total. The van der Waals surface area contributed by atoms with E-state index in [1.165, 1.54) is 24.3 Å². The largest absolute Gasteiger partial charge is 0.433 e. The van der Waals surface area contributed by atoms with E-state index in [0.29, 0.717) is 17.2 Å². The summed E-state index contributed by atoms with van der Waals surface area (Å²) < 4.78 is 40.6. The molecule has 0 spiro atoms. The van der Waals surface area contributed by atoms with Crippen molar-refractivity contribution in [3.63, 3.8) is 0 Å². The SMILES string of the molecule is O=C1Nc2nc(C(F)(F)F)cc(=O)n2C1(Cc1ccc(Cl)c(Cl)c1)Cc1ccc(Cl)c(Cl)c1. The van der Waals surface area contributed by atoms with Crippen molar-refractivity contribution in [2.24, 2.45) is 0 Å². The van der Waals surface area contributed by atoms with Crippen LogP contribution in [0, 0.1) is 0 Å². The zero-order valence-corrected chi connectivity index (χ0v) is 19.3. The molecule has 5 nitrogen and oxygen atoms in total. The number of hydrogen-bond donors (Lipinski definition) is 1. The normalized spacial score (nSPS) is 14.8. The summed E-state index contributed by atoms with van der Waals surface area (Å²) >= 11 is 24.2. The van der Waals surface area contributed by atoms with E-state index in [0.717, 1.165) is 4.57 Å². The Bertz CT molecular complexity index is 1290. The second kappa shape index (κ2) is 8.51. The summed E-state index contributed by atoms with van der Waals surface area (Å²) in [6.07, 6.45) is -5.04. The van der Waals surface area contributed by atoms with Crippen LogP contribution in [0.5, 0.6) is 0 Å². The zero-order valence-electron chi connectivity index (χ0n) is 16.3. The van der Waals surface area contributed by atoms with Crippen molar-refractivity contribution in [2.75, 3.05) is 5.32 Å². The highest BCUT2D eigenvalue weighted by Gasteiger charge is 2.49. The summed E-state index contributed by atoms with van der Waals surface area (Å²) in [5, 5.41) is 3.33. The number of halogens is 7. The van der Waals surface area contributed by atoms with Gasteiger partial charge in [0.15, 0.2) is 5.69 Å². The van der Waals surface area contributed by atoms with Crippen LogP contribution in [0.3, 0.4) is 0 Å². The van der Waals surface area contributed by atoms with E-state index in [2.05, 4.69) is 10.3 Å². The molecule has 1 amide bonds. The van der Waals surface area contributed by atoms with E-state index in [4.69, 9.17) is 46.4 Å². The molecule has 172 valence electrons. The van der Waals surface area contributed by atoms with Crippen LogP contribution in [-0.2, 0) is 29.4 Å². The van der Waals surface area contributed by atoms with Gasteiger partial charge in [-0.2, -0.15) is 13.2 Å². The van der Waals surface area contributed by atoms with Gasteiger partial charge in [-0.15, -0.1) is 0 Å². The molecule has 2 heterocycles. The molecule has 0 aliphatic carbocycles. The number of amides is 1. The molecule has 1 aliphatic heterocycles. The highest BCUT2D eigenvalue weighted by molar-refractivity contribution is 6.42. The molecule has 3 aromatic rings. The average molecular weight is 537 g/mol. The van der Waals surface area contributed by atoms with Gasteiger partial charge in [0.05, 0.1) is 20.1 Å². The maximum absolute atomic E-state index is 13.3. The van der Waals surface area contributed by atoms with Gasteiger partial charge in [-0.05, 0) is 35.4 Å². The zero-order chi connectivity index (χ0) is 24.1. The predicted molar refractivity (Wildman–Crippen MR) is 120 cm³/mol. The van der Waals surface area contributed by atoms with Gasteiger partial charge < -0.3 is 0 Å². The third-order valence-corrected chi connectivity index (χ3v) is 6.72. The van der Waals surface area contributed by atoms with Crippen LogP contribution in [-0.4, -0.2) is 15.5 Å². The average Bonchev–Trinajstić information content (AvgIpc) is 2.98. The molecular weight excluding hydrogens is 525 g/mol. The quantitative estimate of drug-likeness (QED) is 0.444. The number of alkyl halides is 3. The molecule has 2 aromatic carbocycles. The van der Waals surface area contributed by atoms with Gasteiger partial charge in [-0.3, -0.25) is 19.5 Å².